The molecule has 1 heterocycles. The molecule has 0 spiro atoms. The number of hydrogen-bond donors (Lipinski definition) is 2. The van der Waals surface area contributed by atoms with Crippen molar-refractivity contribution < 1.29 is 19.5 Å². The third-order valence-corrected chi connectivity index (χ3v) is 4.27. The smallest absolute Gasteiger partial charge is 0.326 e. The molecule has 0 aromatic heterocycles. The average Bonchev–Trinajstić information content (AvgIpc) is 3.01. The Morgan fingerprint density at radius 1 is 1.21 bits per heavy atom. The van der Waals surface area contributed by atoms with E-state index in [-0.39, 0.29) is 23.8 Å². The Morgan fingerprint density at radius 2 is 1.83 bits per heavy atom. The molecule has 1 fully saturated rings. The fraction of sp³-hybridized carbons (Fsp3) is 0.500. The molecule has 0 saturated carbocycles. The molecule has 0 unspecified atom stereocenters. The van der Waals surface area contributed by atoms with Gasteiger partial charge in [-0.1, -0.05) is 32.9 Å². The van der Waals surface area contributed by atoms with Gasteiger partial charge in [0.1, 0.15) is 6.04 Å². The molecule has 1 atom stereocenters. The van der Waals surface area contributed by atoms with Crippen molar-refractivity contribution in [3.63, 3.8) is 0 Å². The molecule has 1 aromatic carbocycles. The van der Waals surface area contributed by atoms with E-state index >= 15 is 0 Å². The van der Waals surface area contributed by atoms with Crippen LogP contribution in [0.5, 0.6) is 0 Å². The maximum Gasteiger partial charge on any atom is 0.326 e. The Hall–Kier alpha value is -2.37. The Balaban J connectivity index is 1.93. The highest BCUT2D eigenvalue weighted by Gasteiger charge is 2.33. The number of hydrogen-bond acceptors (Lipinski definition) is 3. The van der Waals surface area contributed by atoms with Crippen LogP contribution < -0.4 is 5.32 Å². The summed E-state index contributed by atoms with van der Waals surface area (Å²) in [6.07, 6.45) is 1.13. The highest BCUT2D eigenvalue weighted by atomic mass is 16.4. The fourth-order valence-electron chi connectivity index (χ4n) is 2.80. The predicted octanol–water partition coefficient (Wildman–Crippen LogP) is 1.79. The Kier molecular flexibility index (Phi) is 5.26. The van der Waals surface area contributed by atoms with Gasteiger partial charge in [-0.2, -0.15) is 0 Å². The summed E-state index contributed by atoms with van der Waals surface area (Å²) < 4.78 is 0. The minimum Gasteiger partial charge on any atom is -0.480 e. The van der Waals surface area contributed by atoms with Crippen LogP contribution in [-0.4, -0.2) is 46.9 Å². The standard InChI is InChI=1S/C18H24N2O4/c1-18(2,3)13-8-6-12(7-9-13)16(22)19-11-15(21)20-10-4-5-14(20)17(23)24/h6-9,14H,4-5,10-11H2,1-3H3,(H,19,22)(H,23,24)/t14-/m1/s1. The van der Waals surface area contributed by atoms with Crippen molar-refractivity contribution in [2.24, 2.45) is 0 Å². The minimum atomic E-state index is -0.995. The second kappa shape index (κ2) is 7.03. The molecule has 130 valence electrons. The highest BCUT2D eigenvalue weighted by Crippen LogP contribution is 2.22. The molecule has 2 N–H and O–H groups in total. The van der Waals surface area contributed by atoms with Gasteiger partial charge < -0.3 is 15.3 Å². The van der Waals surface area contributed by atoms with Gasteiger partial charge in [0.25, 0.3) is 5.91 Å². The molecule has 6 nitrogen and oxygen atoms in total. The summed E-state index contributed by atoms with van der Waals surface area (Å²) in [5.41, 5.74) is 1.61. The van der Waals surface area contributed by atoms with Crippen LogP contribution in [0, 0.1) is 0 Å². The van der Waals surface area contributed by atoms with Crippen LogP contribution >= 0.6 is 0 Å². The van der Waals surface area contributed by atoms with E-state index in [9.17, 15) is 14.4 Å². The molecule has 1 aliphatic rings. The minimum absolute atomic E-state index is 0.00652. The molecule has 0 bridgehead atoms. The summed E-state index contributed by atoms with van der Waals surface area (Å²) >= 11 is 0. The van der Waals surface area contributed by atoms with Crippen molar-refractivity contribution in [2.45, 2.75) is 45.1 Å². The molecule has 1 saturated heterocycles. The maximum absolute atomic E-state index is 12.1. The van der Waals surface area contributed by atoms with E-state index in [2.05, 4.69) is 26.1 Å². The summed E-state index contributed by atoms with van der Waals surface area (Å²) in [5.74, 6) is -1.70. The van der Waals surface area contributed by atoms with Crippen LogP contribution in [0.25, 0.3) is 0 Å². The van der Waals surface area contributed by atoms with Crippen molar-refractivity contribution in [1.82, 2.24) is 10.2 Å². The number of aliphatic carboxylic acids is 1. The molecule has 1 aromatic rings. The molecular weight excluding hydrogens is 308 g/mol. The van der Waals surface area contributed by atoms with E-state index < -0.39 is 12.0 Å². The largest absolute Gasteiger partial charge is 0.480 e. The number of carboxylic acid groups (broad SMARTS) is 1. The van der Waals surface area contributed by atoms with Gasteiger partial charge in [0.15, 0.2) is 0 Å². The zero-order chi connectivity index (χ0) is 17.9. The molecule has 1 aliphatic heterocycles. The fourth-order valence-corrected chi connectivity index (χ4v) is 2.80. The van der Waals surface area contributed by atoms with Crippen LogP contribution in [0.1, 0.15) is 49.5 Å². The lowest BCUT2D eigenvalue weighted by atomic mass is 9.87. The second-order valence-corrected chi connectivity index (χ2v) is 7.09. The van der Waals surface area contributed by atoms with Crippen molar-refractivity contribution in [1.29, 1.82) is 0 Å². The molecule has 6 heteroatoms. The van der Waals surface area contributed by atoms with Gasteiger partial charge in [-0.15, -0.1) is 0 Å². The second-order valence-electron chi connectivity index (χ2n) is 7.09. The van der Waals surface area contributed by atoms with Crippen molar-refractivity contribution in [3.05, 3.63) is 35.4 Å². The van der Waals surface area contributed by atoms with Gasteiger partial charge in [0, 0.05) is 12.1 Å². The first kappa shape index (κ1) is 18.0. The lowest BCUT2D eigenvalue weighted by Crippen LogP contribution is -2.45. The van der Waals surface area contributed by atoms with Gasteiger partial charge in [0.05, 0.1) is 6.54 Å². The number of nitrogens with zero attached hydrogens (tertiary/aromatic N) is 1. The zero-order valence-corrected chi connectivity index (χ0v) is 14.3. The summed E-state index contributed by atoms with van der Waals surface area (Å²) in [5, 5.41) is 11.7. The van der Waals surface area contributed by atoms with Crippen LogP contribution in [0.15, 0.2) is 24.3 Å². The van der Waals surface area contributed by atoms with E-state index in [0.717, 1.165) is 5.56 Å². The van der Waals surface area contributed by atoms with Gasteiger partial charge in [0.2, 0.25) is 5.91 Å². The first-order chi connectivity index (χ1) is 11.2. The first-order valence-electron chi connectivity index (χ1n) is 8.11. The molecule has 0 aliphatic carbocycles. The monoisotopic (exact) mass is 332 g/mol. The highest BCUT2D eigenvalue weighted by molar-refractivity contribution is 5.97. The van der Waals surface area contributed by atoms with Crippen LogP contribution in [0.2, 0.25) is 0 Å². The molecule has 2 rings (SSSR count). The molecule has 24 heavy (non-hydrogen) atoms. The Morgan fingerprint density at radius 3 is 2.38 bits per heavy atom. The van der Waals surface area contributed by atoms with Crippen LogP contribution in [-0.2, 0) is 15.0 Å². The lowest BCUT2D eigenvalue weighted by Gasteiger charge is -2.21. The number of likely N-dealkylation sites (tertiary alicyclic amines) is 1. The van der Waals surface area contributed by atoms with Gasteiger partial charge in [-0.25, -0.2) is 4.79 Å². The first-order valence-corrected chi connectivity index (χ1v) is 8.11. The number of carbonyl (C=O) groups excluding carboxylic acids is 2. The predicted molar refractivity (Wildman–Crippen MR) is 89.8 cm³/mol. The third kappa shape index (κ3) is 4.13. The van der Waals surface area contributed by atoms with E-state index in [1.165, 1.54) is 4.90 Å². The maximum atomic E-state index is 12.1. The van der Waals surface area contributed by atoms with Crippen molar-refractivity contribution >= 4 is 17.8 Å². The molecule has 2 amide bonds. The SMILES string of the molecule is CC(C)(C)c1ccc(C(=O)NCC(=O)N2CCC[C@@H]2C(=O)O)cc1. The number of rotatable bonds is 4. The number of carboxylic acids is 1. The number of carbonyl (C=O) groups is 3. The number of nitrogens with one attached hydrogen (secondary N) is 1. The topological polar surface area (TPSA) is 86.7 Å². The summed E-state index contributed by atoms with van der Waals surface area (Å²) in [6, 6.07) is 6.49. The molecular formula is C18H24N2O4. The average molecular weight is 332 g/mol. The normalized spacial score (nSPS) is 17.6. The Bertz CT molecular complexity index is 631. The van der Waals surface area contributed by atoms with Crippen LogP contribution in [0.3, 0.4) is 0 Å². The van der Waals surface area contributed by atoms with Crippen molar-refractivity contribution in [3.8, 4) is 0 Å². The molecule has 0 radical (unpaired) electrons. The summed E-state index contributed by atoms with van der Waals surface area (Å²) in [4.78, 5) is 36.7. The summed E-state index contributed by atoms with van der Waals surface area (Å²) in [6.45, 7) is 6.51. The Labute approximate surface area is 141 Å². The zero-order valence-electron chi connectivity index (χ0n) is 14.3. The lowest BCUT2D eigenvalue weighted by molar-refractivity contribution is -0.147. The van der Waals surface area contributed by atoms with Gasteiger partial charge in [-0.05, 0) is 36.0 Å². The van der Waals surface area contributed by atoms with E-state index in [4.69, 9.17) is 5.11 Å². The van der Waals surface area contributed by atoms with E-state index in [0.29, 0.717) is 24.9 Å². The quantitative estimate of drug-likeness (QED) is 0.880. The van der Waals surface area contributed by atoms with Gasteiger partial charge in [-0.3, -0.25) is 9.59 Å². The number of amides is 2. The summed E-state index contributed by atoms with van der Waals surface area (Å²) in [7, 11) is 0. The van der Waals surface area contributed by atoms with Crippen molar-refractivity contribution in [2.75, 3.05) is 13.1 Å². The van der Waals surface area contributed by atoms with Gasteiger partial charge >= 0.3 is 5.97 Å². The van der Waals surface area contributed by atoms with Crippen LogP contribution in [0.4, 0.5) is 0 Å². The third-order valence-electron chi connectivity index (χ3n) is 4.27. The van der Waals surface area contributed by atoms with E-state index in [1.807, 2.05) is 12.1 Å². The number of benzene rings is 1. The van der Waals surface area contributed by atoms with E-state index in [1.54, 1.807) is 12.1 Å².